The molecule has 0 aliphatic heterocycles. The van der Waals surface area contributed by atoms with E-state index in [1.807, 2.05) is 12.1 Å². The van der Waals surface area contributed by atoms with E-state index in [-0.39, 0.29) is 11.6 Å². The third-order valence-electron chi connectivity index (χ3n) is 5.35. The van der Waals surface area contributed by atoms with Crippen molar-refractivity contribution in [3.63, 3.8) is 0 Å². The molecule has 0 saturated heterocycles. The quantitative estimate of drug-likeness (QED) is 0.418. The Morgan fingerprint density at radius 1 is 1.24 bits per heavy atom. The fourth-order valence-corrected chi connectivity index (χ4v) is 5.05. The second-order valence-corrected chi connectivity index (χ2v) is 8.66. The molecule has 1 aliphatic rings. The van der Waals surface area contributed by atoms with Crippen LogP contribution in [0.3, 0.4) is 0 Å². The van der Waals surface area contributed by atoms with E-state index in [9.17, 15) is 9.59 Å². The van der Waals surface area contributed by atoms with Gasteiger partial charge in [0.2, 0.25) is 11.8 Å². The zero-order chi connectivity index (χ0) is 23.8. The number of benzene rings is 1. The third kappa shape index (κ3) is 3.88. The molecule has 0 spiro atoms. The van der Waals surface area contributed by atoms with E-state index in [1.54, 1.807) is 29.2 Å². The number of rotatable bonds is 5. The summed E-state index contributed by atoms with van der Waals surface area (Å²) in [5.74, 6) is -1.19. The topological polar surface area (TPSA) is 102 Å². The second-order valence-electron chi connectivity index (χ2n) is 7.66. The fraction of sp³-hybridized carbons (Fsp3) is 0.125. The Balaban J connectivity index is 1.69. The summed E-state index contributed by atoms with van der Waals surface area (Å²) < 4.78 is 16.9. The number of amides is 2. The zero-order valence-electron chi connectivity index (χ0n) is 18.1. The lowest BCUT2D eigenvalue weighted by Crippen LogP contribution is -2.09. The van der Waals surface area contributed by atoms with Crippen LogP contribution in [0, 0.1) is 5.82 Å². The smallest absolute Gasteiger partial charge is 0.247 e. The summed E-state index contributed by atoms with van der Waals surface area (Å²) in [6.07, 6.45) is 5.86. The average Bonchev–Trinajstić information content (AvgIpc) is 3.40. The molecule has 0 saturated carbocycles. The van der Waals surface area contributed by atoms with Crippen LogP contribution in [-0.2, 0) is 22.4 Å². The van der Waals surface area contributed by atoms with Crippen LogP contribution in [0.1, 0.15) is 18.2 Å². The largest absolute Gasteiger partial charge is 0.322 e. The van der Waals surface area contributed by atoms with Crippen molar-refractivity contribution < 1.29 is 14.0 Å². The van der Waals surface area contributed by atoms with E-state index < -0.39 is 11.7 Å². The van der Waals surface area contributed by atoms with Crippen LogP contribution in [0.15, 0.2) is 55.4 Å². The Morgan fingerprint density at radius 3 is 2.79 bits per heavy atom. The standard InChI is InChI=1S/C24H19FN6O2S/c1-3-20(33)28-15-6-9-19(17(25)11-15)31-22-16(21(30-31)14-5-4-10-26-12-14)7-8-18-23(22)34-24(29-18)27-13(2)32/h3-6,9-12H,1,7-8H2,2H3,(H,28,33)(H,27,29,32). The number of fused-ring (bicyclic) bond motifs is 3. The number of aryl methyl sites for hydroxylation is 1. The molecular weight excluding hydrogens is 455 g/mol. The number of carbonyl (C=O) groups excluding carboxylic acids is 2. The van der Waals surface area contributed by atoms with Crippen molar-refractivity contribution in [2.45, 2.75) is 19.8 Å². The maximum atomic E-state index is 15.3. The monoisotopic (exact) mass is 474 g/mol. The minimum absolute atomic E-state index is 0.209. The van der Waals surface area contributed by atoms with Crippen LogP contribution in [0.4, 0.5) is 15.2 Å². The molecular formula is C24H19FN6O2S. The maximum absolute atomic E-state index is 15.3. The highest BCUT2D eigenvalue weighted by Gasteiger charge is 2.30. The Bertz CT molecular complexity index is 1440. The van der Waals surface area contributed by atoms with Crippen LogP contribution < -0.4 is 10.6 Å². The van der Waals surface area contributed by atoms with Crippen molar-refractivity contribution in [2.75, 3.05) is 10.6 Å². The lowest BCUT2D eigenvalue weighted by Gasteiger charge is -2.15. The van der Waals surface area contributed by atoms with Gasteiger partial charge in [-0.1, -0.05) is 17.9 Å². The molecule has 0 radical (unpaired) electrons. The van der Waals surface area contributed by atoms with Gasteiger partial charge in [0.15, 0.2) is 10.9 Å². The van der Waals surface area contributed by atoms with Gasteiger partial charge in [0.05, 0.1) is 22.0 Å². The van der Waals surface area contributed by atoms with Gasteiger partial charge in [0, 0.05) is 36.1 Å². The first kappa shape index (κ1) is 21.7. The molecule has 5 rings (SSSR count). The highest BCUT2D eigenvalue weighted by atomic mass is 32.1. The fourth-order valence-electron chi connectivity index (χ4n) is 3.93. The van der Waals surface area contributed by atoms with Crippen LogP contribution in [-0.4, -0.2) is 31.6 Å². The molecule has 2 amide bonds. The predicted octanol–water partition coefficient (Wildman–Crippen LogP) is 4.38. The molecule has 1 aliphatic carbocycles. The first-order valence-electron chi connectivity index (χ1n) is 10.5. The number of pyridine rings is 1. The Labute approximate surface area is 198 Å². The molecule has 2 N–H and O–H groups in total. The van der Waals surface area contributed by atoms with E-state index in [2.05, 4.69) is 27.2 Å². The van der Waals surface area contributed by atoms with E-state index >= 15 is 4.39 Å². The number of aromatic nitrogens is 4. The zero-order valence-corrected chi connectivity index (χ0v) is 18.9. The van der Waals surface area contributed by atoms with Crippen molar-refractivity contribution >= 4 is 34.0 Å². The van der Waals surface area contributed by atoms with Crippen LogP contribution in [0.2, 0.25) is 0 Å². The molecule has 0 fully saturated rings. The third-order valence-corrected chi connectivity index (χ3v) is 6.37. The number of anilines is 2. The highest BCUT2D eigenvalue weighted by Crippen LogP contribution is 2.44. The lowest BCUT2D eigenvalue weighted by molar-refractivity contribution is -0.114. The number of carbonyl (C=O) groups is 2. The molecule has 0 atom stereocenters. The molecule has 0 bridgehead atoms. The molecule has 4 aromatic rings. The summed E-state index contributed by atoms with van der Waals surface area (Å²) in [7, 11) is 0. The predicted molar refractivity (Wildman–Crippen MR) is 128 cm³/mol. The molecule has 1 aromatic carbocycles. The van der Waals surface area contributed by atoms with Crippen LogP contribution in [0.5, 0.6) is 0 Å². The summed E-state index contributed by atoms with van der Waals surface area (Å²) in [6.45, 7) is 4.84. The Morgan fingerprint density at radius 2 is 2.09 bits per heavy atom. The van der Waals surface area contributed by atoms with E-state index in [4.69, 9.17) is 5.10 Å². The SMILES string of the molecule is C=CC(=O)Nc1ccc(-n2nc(-c3cccnc3)c3c2-c2sc(NC(C)=O)nc2CC3)c(F)c1. The molecule has 3 aromatic heterocycles. The first-order valence-corrected chi connectivity index (χ1v) is 11.3. The number of hydrogen-bond acceptors (Lipinski definition) is 6. The lowest BCUT2D eigenvalue weighted by atomic mass is 9.95. The number of halogens is 1. The van der Waals surface area contributed by atoms with Gasteiger partial charge in [-0.15, -0.1) is 0 Å². The molecule has 10 heteroatoms. The van der Waals surface area contributed by atoms with Crippen molar-refractivity contribution in [1.82, 2.24) is 19.7 Å². The van der Waals surface area contributed by atoms with Crippen molar-refractivity contribution in [3.8, 4) is 27.5 Å². The van der Waals surface area contributed by atoms with Gasteiger partial charge in [-0.3, -0.25) is 14.6 Å². The molecule has 3 heterocycles. The van der Waals surface area contributed by atoms with E-state index in [0.29, 0.717) is 29.4 Å². The van der Waals surface area contributed by atoms with E-state index in [0.717, 1.165) is 33.5 Å². The number of hydrogen-bond donors (Lipinski definition) is 2. The van der Waals surface area contributed by atoms with Gasteiger partial charge in [0.25, 0.3) is 0 Å². The summed E-state index contributed by atoms with van der Waals surface area (Å²) in [4.78, 5) is 32.8. The van der Waals surface area contributed by atoms with Gasteiger partial charge in [-0.2, -0.15) is 5.10 Å². The maximum Gasteiger partial charge on any atom is 0.247 e. The molecule has 0 unspecified atom stereocenters. The Hall–Kier alpha value is -4.18. The average molecular weight is 475 g/mol. The minimum Gasteiger partial charge on any atom is -0.322 e. The number of nitrogens with one attached hydrogen (secondary N) is 2. The summed E-state index contributed by atoms with van der Waals surface area (Å²) in [5, 5.41) is 10.6. The van der Waals surface area contributed by atoms with Crippen LogP contribution >= 0.6 is 11.3 Å². The van der Waals surface area contributed by atoms with E-state index in [1.165, 1.54) is 24.3 Å². The summed E-state index contributed by atoms with van der Waals surface area (Å²) in [5.41, 5.74) is 4.60. The molecule has 8 nitrogen and oxygen atoms in total. The first-order chi connectivity index (χ1) is 16.4. The summed E-state index contributed by atoms with van der Waals surface area (Å²) >= 11 is 1.33. The molecule has 34 heavy (non-hydrogen) atoms. The minimum atomic E-state index is -0.552. The van der Waals surface area contributed by atoms with Crippen LogP contribution in [0.25, 0.3) is 27.5 Å². The van der Waals surface area contributed by atoms with Gasteiger partial charge < -0.3 is 10.6 Å². The highest BCUT2D eigenvalue weighted by molar-refractivity contribution is 7.19. The van der Waals surface area contributed by atoms with Gasteiger partial charge >= 0.3 is 0 Å². The van der Waals surface area contributed by atoms with Gasteiger partial charge in [-0.25, -0.2) is 14.1 Å². The second kappa shape index (κ2) is 8.64. The van der Waals surface area contributed by atoms with Gasteiger partial charge in [-0.05, 0) is 49.2 Å². The van der Waals surface area contributed by atoms with Crippen molar-refractivity contribution in [2.24, 2.45) is 0 Å². The molecule has 170 valence electrons. The van der Waals surface area contributed by atoms with Crippen molar-refractivity contribution in [3.05, 3.63) is 72.5 Å². The normalized spacial score (nSPS) is 11.9. The Kier molecular flexibility index (Phi) is 5.50. The summed E-state index contributed by atoms with van der Waals surface area (Å²) in [6, 6.07) is 8.16. The van der Waals surface area contributed by atoms with Gasteiger partial charge in [0.1, 0.15) is 5.69 Å². The number of nitrogens with zero attached hydrogens (tertiary/aromatic N) is 4. The van der Waals surface area contributed by atoms with Crippen molar-refractivity contribution in [1.29, 1.82) is 0 Å². The number of thiazole rings is 1.